The monoisotopic (exact) mass is 223 g/mol. The Labute approximate surface area is 62.2 Å². The number of halogens is 6. The van der Waals surface area contributed by atoms with Crippen molar-refractivity contribution in [3.8, 4) is 0 Å². The van der Waals surface area contributed by atoms with Crippen LogP contribution in [0.2, 0.25) is 0 Å². The van der Waals surface area contributed by atoms with Crippen LogP contribution in [-0.4, -0.2) is 18.8 Å². The van der Waals surface area contributed by atoms with E-state index in [-0.39, 0.29) is 0 Å². The van der Waals surface area contributed by atoms with Crippen LogP contribution in [0.3, 0.4) is 0 Å². The molecule has 0 aromatic carbocycles. The van der Waals surface area contributed by atoms with Crippen LogP contribution in [0.5, 0.6) is 0 Å². The van der Waals surface area contributed by atoms with Crippen LogP contribution < -0.4 is 0 Å². The molecule has 0 aliphatic carbocycles. The van der Waals surface area contributed by atoms with E-state index >= 15 is 0 Å². The molecule has 0 radical (unpaired) electrons. The fourth-order valence-electron chi connectivity index (χ4n) is 0. The van der Waals surface area contributed by atoms with Crippen molar-refractivity contribution in [2.75, 3.05) is 14.1 Å². The van der Waals surface area contributed by atoms with Gasteiger partial charge < -0.3 is 0 Å². The van der Waals surface area contributed by atoms with Crippen LogP contribution in [0.4, 0.5) is 25.2 Å². The molecule has 1 unspecified atom stereocenters. The van der Waals surface area contributed by atoms with E-state index in [2.05, 4.69) is 0 Å². The van der Waals surface area contributed by atoms with Crippen molar-refractivity contribution >= 4 is 17.2 Å². The van der Waals surface area contributed by atoms with E-state index in [0.717, 1.165) is 0 Å². The number of nitrogens with zero attached hydrogens (tertiary/aromatic N) is 1. The summed E-state index contributed by atoms with van der Waals surface area (Å²) in [6.45, 7) is 0. The second-order valence-electron chi connectivity index (χ2n) is 2.04. The van der Waals surface area contributed by atoms with Crippen LogP contribution in [0.15, 0.2) is 0 Å². The Bertz CT molecular complexity index is 105. The first-order chi connectivity index (χ1) is 4.18. The van der Waals surface area contributed by atoms with Crippen molar-refractivity contribution in [1.82, 2.24) is 4.67 Å². The van der Waals surface area contributed by atoms with E-state index in [4.69, 9.17) is 0 Å². The van der Waals surface area contributed by atoms with E-state index in [9.17, 15) is 25.2 Å². The predicted octanol–water partition coefficient (Wildman–Crippen LogP) is 3.45. The Balaban J connectivity index is 0. The first-order valence-electron chi connectivity index (χ1n) is 2.22. The van der Waals surface area contributed by atoms with E-state index in [1.807, 2.05) is 28.2 Å². The van der Waals surface area contributed by atoms with Crippen molar-refractivity contribution in [1.29, 1.82) is 0 Å². The van der Waals surface area contributed by atoms with Crippen molar-refractivity contribution in [2.24, 2.45) is 0 Å². The molecule has 1 atom stereocenters. The molecular formula is C2H9F6NP2. The summed E-state index contributed by atoms with van der Waals surface area (Å²) in [4.78, 5) is 0. The predicted molar refractivity (Wildman–Crippen MR) is 38.4 cm³/mol. The molecule has 0 aromatic rings. The van der Waals surface area contributed by atoms with Gasteiger partial charge in [0.15, 0.2) is 0 Å². The zero-order valence-electron chi connectivity index (χ0n) is 5.87. The molecule has 0 amide bonds. The molecule has 9 heteroatoms. The van der Waals surface area contributed by atoms with Crippen molar-refractivity contribution < 1.29 is 25.2 Å². The summed E-state index contributed by atoms with van der Waals surface area (Å²) < 4.78 is 61.2. The Morgan fingerprint density at radius 3 is 0.909 bits per heavy atom. The minimum absolute atomic E-state index is 1.84. The molecule has 0 saturated heterocycles. The van der Waals surface area contributed by atoms with Crippen LogP contribution in [0.25, 0.3) is 0 Å². The fraction of sp³-hybridized carbons (Fsp3) is 1.00. The zero-order chi connectivity index (χ0) is 9.99. The van der Waals surface area contributed by atoms with Crippen molar-refractivity contribution in [3.63, 3.8) is 0 Å². The second-order valence-corrected chi connectivity index (χ2v) is 5.22. The third-order valence-electron chi connectivity index (χ3n) is 0. The van der Waals surface area contributed by atoms with E-state index < -0.39 is 7.81 Å². The van der Waals surface area contributed by atoms with Gasteiger partial charge in [-0.15, -0.1) is 0 Å². The summed E-state index contributed by atoms with van der Waals surface area (Å²) in [5.41, 5.74) is 0. The molecule has 0 spiro atoms. The third kappa shape index (κ3) is 4590. The molecule has 11 heavy (non-hydrogen) atoms. The molecule has 74 valence electrons. The van der Waals surface area contributed by atoms with Crippen LogP contribution in [0, 0.1) is 0 Å². The standard InChI is InChI=1S/C2H8NP.F6P/c1-3(2)4;1-7(2,3,4,5)6/h4H2,1-2H3;/q;-1/p+1. The molecule has 0 aliphatic rings. The van der Waals surface area contributed by atoms with E-state index in [1.54, 1.807) is 0 Å². The molecular weight excluding hydrogens is 214 g/mol. The number of hydrogen-bond acceptors (Lipinski definition) is 1. The van der Waals surface area contributed by atoms with Crippen LogP contribution >= 0.6 is 17.2 Å². The van der Waals surface area contributed by atoms with Crippen LogP contribution in [-0.2, 0) is 0 Å². The van der Waals surface area contributed by atoms with Gasteiger partial charge in [-0.05, 0) is 0 Å². The van der Waals surface area contributed by atoms with Gasteiger partial charge in [0, 0.05) is 23.5 Å². The third-order valence-corrected chi connectivity index (χ3v) is 0. The molecule has 0 N–H and O–H groups in total. The van der Waals surface area contributed by atoms with Gasteiger partial charge >= 0.3 is 33.0 Å². The van der Waals surface area contributed by atoms with Gasteiger partial charge in [-0.1, -0.05) is 0 Å². The van der Waals surface area contributed by atoms with E-state index in [1.165, 1.54) is 0 Å². The molecule has 1 nitrogen and oxygen atoms in total. The molecule has 0 bridgehead atoms. The quantitative estimate of drug-likeness (QED) is 0.449. The summed E-state index contributed by atoms with van der Waals surface area (Å²) in [5.74, 6) is 0. The average molecular weight is 223 g/mol. The first kappa shape index (κ1) is 14.0. The summed E-state index contributed by atoms with van der Waals surface area (Å²) in [7, 11) is -4.80. The maximum atomic E-state index is 9.87. The summed E-state index contributed by atoms with van der Waals surface area (Å²) in [6, 6.07) is 0. The Hall–Kier alpha value is 0.400. The Kier molecular flexibility index (Phi) is 3.44. The Morgan fingerprint density at radius 1 is 0.909 bits per heavy atom. The summed E-state index contributed by atoms with van der Waals surface area (Å²) >= 11 is 0. The van der Waals surface area contributed by atoms with Gasteiger partial charge in [0.25, 0.3) is 0 Å². The van der Waals surface area contributed by atoms with Gasteiger partial charge in [-0.25, -0.2) is 0 Å². The number of hydrogen-bond donors (Lipinski definition) is 0. The molecule has 0 saturated carbocycles. The molecule has 0 heterocycles. The molecule has 0 aliphatic heterocycles. The average Bonchev–Trinajstić information content (AvgIpc) is 1.11. The first-order valence-corrected chi connectivity index (χ1v) is 4.89. The summed E-state index contributed by atoms with van der Waals surface area (Å²) in [5, 5.41) is 0. The second kappa shape index (κ2) is 2.71. The fourth-order valence-corrected chi connectivity index (χ4v) is 0. The van der Waals surface area contributed by atoms with Gasteiger partial charge in [0.05, 0.1) is 0 Å². The van der Waals surface area contributed by atoms with E-state index in [0.29, 0.717) is 0 Å². The van der Waals surface area contributed by atoms with Gasteiger partial charge in [-0.2, -0.15) is 4.67 Å². The molecule has 0 aromatic heterocycles. The SMILES string of the molecule is CN(C)[PH3+].F[P-](F)(F)(F)(F)F. The topological polar surface area (TPSA) is 3.24 Å². The molecule has 0 rings (SSSR count). The maximum absolute atomic E-state index is 10.7. The van der Waals surface area contributed by atoms with Gasteiger partial charge in [0.1, 0.15) is 0 Å². The van der Waals surface area contributed by atoms with Gasteiger partial charge in [0.2, 0.25) is 0 Å². The summed E-state index contributed by atoms with van der Waals surface area (Å²) in [6.07, 6.45) is 0. The van der Waals surface area contributed by atoms with Crippen LogP contribution in [0.1, 0.15) is 0 Å². The molecule has 0 fully saturated rings. The van der Waals surface area contributed by atoms with Crippen molar-refractivity contribution in [3.05, 3.63) is 0 Å². The van der Waals surface area contributed by atoms with Crippen molar-refractivity contribution in [2.45, 2.75) is 0 Å². The zero-order valence-corrected chi connectivity index (χ0v) is 8.18. The number of rotatable bonds is 0. The normalized spacial score (nSPS) is 18.3. The van der Waals surface area contributed by atoms with Gasteiger partial charge in [-0.3, -0.25) is 0 Å². The minimum atomic E-state index is -10.7. The Morgan fingerprint density at radius 2 is 0.909 bits per heavy atom.